The van der Waals surface area contributed by atoms with Gasteiger partial charge in [-0.2, -0.15) is 9.97 Å². The lowest BCUT2D eigenvalue weighted by molar-refractivity contribution is -0.0570. The molecule has 0 aliphatic carbocycles. The third-order valence-electron chi connectivity index (χ3n) is 7.38. The second-order valence-electron chi connectivity index (χ2n) is 10.9. The molecule has 35 heavy (non-hydrogen) atoms. The van der Waals surface area contributed by atoms with Gasteiger partial charge in [-0.15, -0.1) is 0 Å². The summed E-state index contributed by atoms with van der Waals surface area (Å²) in [5, 5.41) is 11.5. The molecule has 1 unspecified atom stereocenters. The molecule has 2 saturated heterocycles. The maximum Gasteiger partial charge on any atom is 0.335 e. The van der Waals surface area contributed by atoms with Crippen molar-refractivity contribution in [3.05, 3.63) is 6.33 Å². The predicted octanol–water partition coefficient (Wildman–Crippen LogP) is 3.21. The van der Waals surface area contributed by atoms with Crippen LogP contribution in [0.25, 0.3) is 11.2 Å². The van der Waals surface area contributed by atoms with E-state index in [9.17, 15) is 5.11 Å². The summed E-state index contributed by atoms with van der Waals surface area (Å²) >= 11 is 0. The summed E-state index contributed by atoms with van der Waals surface area (Å²) in [5.74, 6) is 0.201. The lowest BCUT2D eigenvalue weighted by Gasteiger charge is -2.51. The van der Waals surface area contributed by atoms with E-state index in [2.05, 4.69) is 70.3 Å². The number of imidazole rings is 1. The van der Waals surface area contributed by atoms with Crippen LogP contribution in [-0.2, 0) is 17.7 Å². The van der Waals surface area contributed by atoms with Gasteiger partial charge in [0.25, 0.3) is 0 Å². The van der Waals surface area contributed by atoms with E-state index in [1.54, 1.807) is 4.57 Å². The summed E-state index contributed by atoms with van der Waals surface area (Å²) in [6.45, 7) is 17.5. The van der Waals surface area contributed by atoms with Crippen LogP contribution in [0.1, 0.15) is 61.6 Å². The molecular formula is C22H40N6O5Si2. The lowest BCUT2D eigenvalue weighted by Crippen LogP contribution is -2.65. The summed E-state index contributed by atoms with van der Waals surface area (Å²) in [6.07, 6.45) is -1.38. The number of nitrogens with two attached hydrogens (primary N) is 2. The minimum Gasteiger partial charge on any atom is -0.414 e. The van der Waals surface area contributed by atoms with E-state index in [0.717, 1.165) is 0 Å². The average Bonchev–Trinajstić information content (AvgIpc) is 3.28. The number of anilines is 2. The number of hydrogen-bond donors (Lipinski definition) is 3. The predicted molar refractivity (Wildman–Crippen MR) is 138 cm³/mol. The quantitative estimate of drug-likeness (QED) is 0.497. The summed E-state index contributed by atoms with van der Waals surface area (Å²) in [6, 6.07) is 0. The number of hydrogen-bond acceptors (Lipinski definition) is 10. The number of aliphatic hydroxyl groups excluding tert-OH is 1. The fourth-order valence-electron chi connectivity index (χ4n) is 5.51. The highest BCUT2D eigenvalue weighted by Gasteiger charge is 2.61. The minimum absolute atomic E-state index is 0.0268. The molecular weight excluding hydrogens is 484 g/mol. The van der Waals surface area contributed by atoms with Crippen LogP contribution in [0.15, 0.2) is 6.33 Å². The van der Waals surface area contributed by atoms with Gasteiger partial charge in [-0.3, -0.25) is 4.57 Å². The number of fused-ring (bicyclic) bond motifs is 2. The standard InChI is InChI=1S/C22H40N6O5Si2/c1-11(2)34(12(3)4)30-9-15-18(32-35(33-34,13(5)6)14(7)8)17(29)21(31-15)28-10-25-16-19(23)26-22(24)27-20(16)28/h10-15,17-18,21,29H,9H2,1-8H3,(H4,23,24,26,27)/t15-,17?,18+,21-/m1/s1. The maximum atomic E-state index is 11.5. The Morgan fingerprint density at radius 1 is 0.971 bits per heavy atom. The lowest BCUT2D eigenvalue weighted by atomic mass is 10.1. The monoisotopic (exact) mass is 524 g/mol. The number of aliphatic hydroxyl groups is 1. The van der Waals surface area contributed by atoms with Crippen molar-refractivity contribution >= 4 is 40.1 Å². The molecule has 4 rings (SSSR count). The Morgan fingerprint density at radius 2 is 1.57 bits per heavy atom. The summed E-state index contributed by atoms with van der Waals surface area (Å²) < 4.78 is 29.0. The molecule has 2 fully saturated rings. The van der Waals surface area contributed by atoms with Gasteiger partial charge in [0.1, 0.15) is 23.8 Å². The first-order valence-electron chi connectivity index (χ1n) is 12.4. The Bertz CT molecular complexity index is 1050. The van der Waals surface area contributed by atoms with Crippen molar-refractivity contribution in [1.29, 1.82) is 0 Å². The Morgan fingerprint density at radius 3 is 2.14 bits per heavy atom. The van der Waals surface area contributed by atoms with Crippen LogP contribution in [0.2, 0.25) is 22.2 Å². The fraction of sp³-hybridized carbons (Fsp3) is 0.773. The van der Waals surface area contributed by atoms with Crippen molar-refractivity contribution in [1.82, 2.24) is 19.5 Å². The number of ether oxygens (including phenoxy) is 1. The van der Waals surface area contributed by atoms with E-state index in [0.29, 0.717) is 11.2 Å². The van der Waals surface area contributed by atoms with Gasteiger partial charge in [0.15, 0.2) is 17.7 Å². The largest absolute Gasteiger partial charge is 0.414 e. The van der Waals surface area contributed by atoms with Gasteiger partial charge in [0.05, 0.1) is 12.9 Å². The fourth-order valence-corrected chi connectivity index (χ4v) is 16.7. The Hall–Kier alpha value is -1.62. The highest BCUT2D eigenvalue weighted by Crippen LogP contribution is 2.48. The Kier molecular flexibility index (Phi) is 7.07. The number of rotatable bonds is 5. The molecule has 4 atom stereocenters. The van der Waals surface area contributed by atoms with E-state index in [-0.39, 0.29) is 40.5 Å². The SMILES string of the molecule is CC(C)[Si]1(C(C)C)OC[C@H]2O[C@@H](n3cnc4c(N)nc(N)nc43)C(O)[C@H]2O[Si](C(C)C)(C(C)C)O1. The molecule has 0 bridgehead atoms. The molecule has 0 radical (unpaired) electrons. The van der Waals surface area contributed by atoms with Gasteiger partial charge < -0.3 is 34.3 Å². The molecule has 2 aromatic heterocycles. The minimum atomic E-state index is -2.89. The topological polar surface area (TPSA) is 153 Å². The van der Waals surface area contributed by atoms with Gasteiger partial charge in [-0.1, -0.05) is 55.4 Å². The molecule has 0 saturated carbocycles. The second-order valence-corrected chi connectivity index (χ2v) is 19.7. The highest BCUT2D eigenvalue weighted by molar-refractivity contribution is 6.84. The van der Waals surface area contributed by atoms with Crippen LogP contribution < -0.4 is 11.5 Å². The number of aromatic nitrogens is 4. The smallest absolute Gasteiger partial charge is 0.335 e. The maximum absolute atomic E-state index is 11.5. The van der Waals surface area contributed by atoms with Gasteiger partial charge in [-0.05, 0) is 22.2 Å². The van der Waals surface area contributed by atoms with Crippen LogP contribution >= 0.6 is 0 Å². The van der Waals surface area contributed by atoms with Crippen molar-refractivity contribution in [2.24, 2.45) is 0 Å². The van der Waals surface area contributed by atoms with Crippen molar-refractivity contribution in [3.63, 3.8) is 0 Å². The molecule has 0 amide bonds. The van der Waals surface area contributed by atoms with Crippen molar-refractivity contribution in [2.75, 3.05) is 18.1 Å². The van der Waals surface area contributed by atoms with Crippen LogP contribution in [-0.4, -0.2) is 66.7 Å². The zero-order chi connectivity index (χ0) is 25.9. The normalized spacial score (nSPS) is 28.7. The summed E-state index contributed by atoms with van der Waals surface area (Å²) in [5.41, 5.74) is 13.3. The van der Waals surface area contributed by atoms with Crippen molar-refractivity contribution < 1.29 is 22.8 Å². The van der Waals surface area contributed by atoms with Gasteiger partial charge in [0, 0.05) is 0 Å². The van der Waals surface area contributed by atoms with Gasteiger partial charge in [0.2, 0.25) is 5.95 Å². The van der Waals surface area contributed by atoms with E-state index in [1.807, 2.05) is 0 Å². The molecule has 2 aromatic rings. The Labute approximate surface area is 209 Å². The van der Waals surface area contributed by atoms with Gasteiger partial charge in [-0.25, -0.2) is 4.98 Å². The van der Waals surface area contributed by atoms with Crippen LogP contribution in [0, 0.1) is 0 Å². The summed E-state index contributed by atoms with van der Waals surface area (Å²) in [7, 11) is -5.60. The van der Waals surface area contributed by atoms with E-state index >= 15 is 0 Å². The third-order valence-corrected chi connectivity index (χ3v) is 17.6. The average molecular weight is 525 g/mol. The van der Waals surface area contributed by atoms with Crippen molar-refractivity contribution in [2.45, 2.75) is 102 Å². The molecule has 0 spiro atoms. The zero-order valence-corrected chi connectivity index (χ0v) is 23.9. The molecule has 2 aliphatic heterocycles. The molecule has 0 aromatic carbocycles. The highest BCUT2D eigenvalue weighted by atomic mass is 28.5. The van der Waals surface area contributed by atoms with Crippen LogP contribution in [0.4, 0.5) is 11.8 Å². The molecule has 2 aliphatic rings. The van der Waals surface area contributed by atoms with Crippen molar-refractivity contribution in [3.8, 4) is 0 Å². The zero-order valence-electron chi connectivity index (χ0n) is 21.9. The molecule has 4 heterocycles. The third kappa shape index (κ3) is 4.20. The first-order chi connectivity index (χ1) is 16.3. The van der Waals surface area contributed by atoms with E-state index in [4.69, 9.17) is 29.2 Å². The van der Waals surface area contributed by atoms with E-state index in [1.165, 1.54) is 6.33 Å². The number of nitrogen functional groups attached to an aromatic ring is 2. The second kappa shape index (κ2) is 9.36. The van der Waals surface area contributed by atoms with Crippen LogP contribution in [0.5, 0.6) is 0 Å². The molecule has 11 nitrogen and oxygen atoms in total. The number of nitrogens with zero attached hydrogens (tertiary/aromatic N) is 4. The summed E-state index contributed by atoms with van der Waals surface area (Å²) in [4.78, 5) is 12.6. The molecule has 13 heteroatoms. The Balaban J connectivity index is 1.78. The van der Waals surface area contributed by atoms with E-state index < -0.39 is 41.7 Å². The van der Waals surface area contributed by atoms with Gasteiger partial charge >= 0.3 is 17.1 Å². The molecule has 5 N–H and O–H groups in total. The van der Waals surface area contributed by atoms with Crippen LogP contribution in [0.3, 0.4) is 0 Å². The first-order valence-corrected chi connectivity index (χ1v) is 16.4. The molecule has 196 valence electrons. The first kappa shape index (κ1) is 26.4.